The van der Waals surface area contributed by atoms with Crippen LogP contribution in [0.2, 0.25) is 0 Å². The zero-order valence-corrected chi connectivity index (χ0v) is 12.2. The van der Waals surface area contributed by atoms with Crippen molar-refractivity contribution >= 4 is 11.6 Å². The lowest BCUT2D eigenvalue weighted by molar-refractivity contribution is 0.0955. The molecule has 1 N–H and O–H groups in total. The number of carbonyl (C=O) groups excluding carboxylic acids is 1. The summed E-state index contributed by atoms with van der Waals surface area (Å²) in [5.74, 6) is 1.30. The van der Waals surface area contributed by atoms with E-state index >= 15 is 0 Å². The van der Waals surface area contributed by atoms with Crippen molar-refractivity contribution in [2.24, 2.45) is 5.10 Å². The summed E-state index contributed by atoms with van der Waals surface area (Å²) in [5, 5.41) is 4.09. The van der Waals surface area contributed by atoms with Crippen molar-refractivity contribution < 1.29 is 9.21 Å². The molecule has 104 valence electrons. The zero-order valence-electron chi connectivity index (χ0n) is 12.2. The minimum atomic E-state index is -0.231. The Morgan fingerprint density at radius 3 is 2.35 bits per heavy atom. The summed E-state index contributed by atoms with van der Waals surface area (Å²) in [6.07, 6.45) is 0. The van der Waals surface area contributed by atoms with E-state index in [4.69, 9.17) is 4.42 Å². The first-order valence-electron chi connectivity index (χ1n) is 6.46. The number of hydrogen-bond acceptors (Lipinski definition) is 3. The largest absolute Gasteiger partial charge is 0.460 e. The molecule has 0 unspecified atom stereocenters. The van der Waals surface area contributed by atoms with Gasteiger partial charge in [-0.25, -0.2) is 5.43 Å². The fourth-order valence-electron chi connectivity index (χ4n) is 1.96. The molecule has 2 rings (SSSR count). The van der Waals surface area contributed by atoms with Crippen molar-refractivity contribution in [1.29, 1.82) is 0 Å². The summed E-state index contributed by atoms with van der Waals surface area (Å²) in [5.41, 5.74) is 5.90. The molecule has 20 heavy (non-hydrogen) atoms. The highest BCUT2D eigenvalue weighted by Crippen LogP contribution is 2.14. The number of nitrogens with one attached hydrogen (secondary N) is 1. The molecule has 1 amide bonds. The predicted molar refractivity (Wildman–Crippen MR) is 79.0 cm³/mol. The maximum Gasteiger partial charge on any atom is 0.271 e. The Hall–Kier alpha value is -2.36. The fourth-order valence-corrected chi connectivity index (χ4v) is 1.96. The number of hydrazone groups is 1. The van der Waals surface area contributed by atoms with Gasteiger partial charge in [0.2, 0.25) is 0 Å². The van der Waals surface area contributed by atoms with Crippen molar-refractivity contribution in [3.8, 4) is 0 Å². The highest BCUT2D eigenvalue weighted by atomic mass is 16.3. The normalized spacial score (nSPS) is 11.5. The standard InChI is InChI=1S/C16H18N2O2/c1-10-5-7-14(8-6-10)16(19)18-17-13(4)15-11(2)9-12(3)20-15/h5-9H,1-4H3,(H,18,19)/b17-13+. The molecular weight excluding hydrogens is 252 g/mol. The Bertz CT molecular complexity index is 652. The second-order valence-electron chi connectivity index (χ2n) is 4.87. The van der Waals surface area contributed by atoms with Gasteiger partial charge in [0.25, 0.3) is 5.91 Å². The fraction of sp³-hybridized carbons (Fsp3) is 0.250. The van der Waals surface area contributed by atoms with Gasteiger partial charge >= 0.3 is 0 Å². The summed E-state index contributed by atoms with van der Waals surface area (Å²) < 4.78 is 5.55. The molecule has 0 radical (unpaired) electrons. The molecule has 0 atom stereocenters. The SMILES string of the molecule is C/C(=N\NC(=O)c1ccc(C)cc1)c1oc(C)cc1C. The maximum absolute atomic E-state index is 11.9. The van der Waals surface area contributed by atoms with Crippen molar-refractivity contribution in [2.75, 3.05) is 0 Å². The molecule has 0 aliphatic carbocycles. The topological polar surface area (TPSA) is 54.6 Å². The molecule has 2 aromatic rings. The Labute approximate surface area is 118 Å². The highest BCUT2D eigenvalue weighted by molar-refractivity contribution is 6.00. The third-order valence-electron chi connectivity index (χ3n) is 3.01. The van der Waals surface area contributed by atoms with E-state index in [1.54, 1.807) is 19.1 Å². The second kappa shape index (κ2) is 5.74. The summed E-state index contributed by atoms with van der Waals surface area (Å²) >= 11 is 0. The van der Waals surface area contributed by atoms with E-state index in [0.717, 1.165) is 16.9 Å². The van der Waals surface area contributed by atoms with Gasteiger partial charge in [-0.1, -0.05) is 17.7 Å². The lowest BCUT2D eigenvalue weighted by Crippen LogP contribution is -2.19. The van der Waals surface area contributed by atoms with Gasteiger partial charge in [-0.3, -0.25) is 4.79 Å². The van der Waals surface area contributed by atoms with E-state index in [2.05, 4.69) is 10.5 Å². The van der Waals surface area contributed by atoms with E-state index in [-0.39, 0.29) is 5.91 Å². The number of furan rings is 1. The van der Waals surface area contributed by atoms with E-state index in [1.165, 1.54) is 0 Å². The minimum absolute atomic E-state index is 0.231. The third-order valence-corrected chi connectivity index (χ3v) is 3.01. The van der Waals surface area contributed by atoms with Crippen LogP contribution in [0, 0.1) is 20.8 Å². The highest BCUT2D eigenvalue weighted by Gasteiger charge is 2.09. The smallest absolute Gasteiger partial charge is 0.271 e. The molecular formula is C16H18N2O2. The number of aryl methyl sites for hydroxylation is 3. The predicted octanol–water partition coefficient (Wildman–Crippen LogP) is 3.36. The first-order valence-corrected chi connectivity index (χ1v) is 6.46. The van der Waals surface area contributed by atoms with Crippen LogP contribution in [-0.2, 0) is 0 Å². The monoisotopic (exact) mass is 270 g/mol. The number of amides is 1. The van der Waals surface area contributed by atoms with Crippen molar-refractivity contribution in [3.63, 3.8) is 0 Å². The van der Waals surface area contributed by atoms with Crippen LogP contribution in [0.1, 0.15) is 39.9 Å². The van der Waals surface area contributed by atoms with Gasteiger partial charge in [0.05, 0.1) is 0 Å². The van der Waals surface area contributed by atoms with Crippen LogP contribution in [0.3, 0.4) is 0 Å². The summed E-state index contributed by atoms with van der Waals surface area (Å²) in [7, 11) is 0. The summed E-state index contributed by atoms with van der Waals surface area (Å²) in [6.45, 7) is 7.62. The Kier molecular flexibility index (Phi) is 4.03. The lowest BCUT2D eigenvalue weighted by Gasteiger charge is -2.02. The Morgan fingerprint density at radius 1 is 1.15 bits per heavy atom. The average molecular weight is 270 g/mol. The number of rotatable bonds is 3. The van der Waals surface area contributed by atoms with Crippen molar-refractivity contribution in [3.05, 3.63) is 58.5 Å². The van der Waals surface area contributed by atoms with Crippen LogP contribution in [0.4, 0.5) is 0 Å². The average Bonchev–Trinajstić information content (AvgIpc) is 2.75. The van der Waals surface area contributed by atoms with Gasteiger partial charge < -0.3 is 4.42 Å². The van der Waals surface area contributed by atoms with E-state index < -0.39 is 0 Å². The molecule has 0 fully saturated rings. The molecule has 0 saturated heterocycles. The first-order chi connectivity index (χ1) is 9.47. The van der Waals surface area contributed by atoms with E-state index in [9.17, 15) is 4.79 Å². The zero-order chi connectivity index (χ0) is 14.7. The van der Waals surface area contributed by atoms with E-state index in [1.807, 2.05) is 39.0 Å². The number of carbonyl (C=O) groups is 1. The van der Waals surface area contributed by atoms with Crippen LogP contribution in [-0.4, -0.2) is 11.6 Å². The molecule has 1 heterocycles. The minimum Gasteiger partial charge on any atom is -0.460 e. The molecule has 0 aliphatic rings. The molecule has 4 heteroatoms. The van der Waals surface area contributed by atoms with Crippen molar-refractivity contribution in [2.45, 2.75) is 27.7 Å². The summed E-state index contributed by atoms with van der Waals surface area (Å²) in [6, 6.07) is 9.28. The van der Waals surface area contributed by atoms with Gasteiger partial charge in [0.1, 0.15) is 11.5 Å². The third kappa shape index (κ3) is 3.15. The maximum atomic E-state index is 11.9. The van der Waals surface area contributed by atoms with Gasteiger partial charge in [-0.05, 0) is 51.5 Å². The van der Waals surface area contributed by atoms with Crippen LogP contribution >= 0.6 is 0 Å². The molecule has 1 aromatic carbocycles. The lowest BCUT2D eigenvalue weighted by atomic mass is 10.1. The number of hydrogen-bond donors (Lipinski definition) is 1. The first kappa shape index (κ1) is 14.1. The molecule has 0 spiro atoms. The second-order valence-corrected chi connectivity index (χ2v) is 4.87. The van der Waals surface area contributed by atoms with Gasteiger partial charge in [0.15, 0.2) is 5.76 Å². The number of nitrogens with zero attached hydrogens (tertiary/aromatic N) is 1. The van der Waals surface area contributed by atoms with Gasteiger partial charge in [-0.2, -0.15) is 5.10 Å². The van der Waals surface area contributed by atoms with Gasteiger partial charge in [-0.15, -0.1) is 0 Å². The molecule has 1 aromatic heterocycles. The molecule has 0 aliphatic heterocycles. The van der Waals surface area contributed by atoms with Crippen LogP contribution in [0.25, 0.3) is 0 Å². The van der Waals surface area contributed by atoms with Crippen LogP contribution in [0.15, 0.2) is 39.9 Å². The number of benzene rings is 1. The van der Waals surface area contributed by atoms with Crippen LogP contribution < -0.4 is 5.43 Å². The Morgan fingerprint density at radius 2 is 1.80 bits per heavy atom. The van der Waals surface area contributed by atoms with Gasteiger partial charge in [0, 0.05) is 5.56 Å². The summed E-state index contributed by atoms with van der Waals surface area (Å²) in [4.78, 5) is 11.9. The molecule has 0 bridgehead atoms. The van der Waals surface area contributed by atoms with Crippen LogP contribution in [0.5, 0.6) is 0 Å². The molecule has 4 nitrogen and oxygen atoms in total. The van der Waals surface area contributed by atoms with E-state index in [0.29, 0.717) is 17.0 Å². The Balaban J connectivity index is 2.10. The quantitative estimate of drug-likeness (QED) is 0.686. The van der Waals surface area contributed by atoms with Crippen molar-refractivity contribution in [1.82, 2.24) is 5.43 Å². The molecule has 0 saturated carbocycles.